The fourth-order valence-electron chi connectivity index (χ4n) is 3.50. The molecule has 1 aliphatic heterocycles. The van der Waals surface area contributed by atoms with Crippen molar-refractivity contribution in [3.8, 4) is 0 Å². The molecule has 2 heterocycles. The van der Waals surface area contributed by atoms with Crippen molar-refractivity contribution in [3.63, 3.8) is 0 Å². The second-order valence-corrected chi connectivity index (χ2v) is 9.20. The number of nitrogens with zero attached hydrogens (tertiary/aromatic N) is 4. The molecule has 3 aromatic rings. The van der Waals surface area contributed by atoms with Gasteiger partial charge in [-0.2, -0.15) is 4.31 Å². The van der Waals surface area contributed by atoms with Gasteiger partial charge in [0.15, 0.2) is 0 Å². The highest BCUT2D eigenvalue weighted by Crippen LogP contribution is 2.13. The average molecular weight is 456 g/mol. The van der Waals surface area contributed by atoms with E-state index in [-0.39, 0.29) is 49.5 Å². The van der Waals surface area contributed by atoms with Crippen molar-refractivity contribution in [3.05, 3.63) is 82.0 Å². The number of fused-ring (bicyclic) bond motifs is 1. The molecule has 1 aliphatic rings. The van der Waals surface area contributed by atoms with Crippen molar-refractivity contribution in [1.82, 2.24) is 18.8 Å². The SMILES string of the molecule is O=C(Cn1cnc2cc(F)ccc2c1=O)N1CCN(S(=O)(=O)/C=C/c2ccccc2)CC1. The minimum absolute atomic E-state index is 0.164. The molecule has 1 fully saturated rings. The summed E-state index contributed by atoms with van der Waals surface area (Å²) in [5.74, 6) is -0.808. The van der Waals surface area contributed by atoms with Crippen molar-refractivity contribution in [2.75, 3.05) is 26.2 Å². The van der Waals surface area contributed by atoms with E-state index in [2.05, 4.69) is 4.98 Å². The highest BCUT2D eigenvalue weighted by molar-refractivity contribution is 7.92. The number of benzene rings is 2. The molecule has 1 saturated heterocycles. The number of sulfonamides is 1. The highest BCUT2D eigenvalue weighted by Gasteiger charge is 2.27. The van der Waals surface area contributed by atoms with Gasteiger partial charge in [-0.1, -0.05) is 30.3 Å². The molecule has 0 saturated carbocycles. The Kier molecular flexibility index (Phi) is 6.15. The zero-order valence-corrected chi connectivity index (χ0v) is 17.9. The third kappa shape index (κ3) is 4.76. The van der Waals surface area contributed by atoms with Crippen molar-refractivity contribution in [2.45, 2.75) is 6.54 Å². The molecule has 2 aromatic carbocycles. The Morgan fingerprint density at radius 2 is 1.78 bits per heavy atom. The van der Waals surface area contributed by atoms with Gasteiger partial charge in [0.05, 0.1) is 17.2 Å². The molecule has 0 atom stereocenters. The number of aromatic nitrogens is 2. The highest BCUT2D eigenvalue weighted by atomic mass is 32.2. The Balaban J connectivity index is 1.39. The summed E-state index contributed by atoms with van der Waals surface area (Å²) in [6.45, 7) is 0.547. The van der Waals surface area contributed by atoms with Gasteiger partial charge in [0, 0.05) is 37.7 Å². The maximum atomic E-state index is 13.3. The van der Waals surface area contributed by atoms with Gasteiger partial charge < -0.3 is 4.90 Å². The van der Waals surface area contributed by atoms with Crippen molar-refractivity contribution in [1.29, 1.82) is 0 Å². The smallest absolute Gasteiger partial charge is 0.261 e. The zero-order valence-electron chi connectivity index (χ0n) is 17.1. The molecule has 32 heavy (non-hydrogen) atoms. The topological polar surface area (TPSA) is 92.6 Å². The van der Waals surface area contributed by atoms with Crippen LogP contribution in [0, 0.1) is 5.82 Å². The largest absolute Gasteiger partial charge is 0.338 e. The average Bonchev–Trinajstić information content (AvgIpc) is 2.80. The number of carbonyl (C=O) groups is 1. The van der Waals surface area contributed by atoms with E-state index >= 15 is 0 Å². The normalized spacial score (nSPS) is 15.5. The molecule has 0 radical (unpaired) electrons. The van der Waals surface area contributed by atoms with Gasteiger partial charge in [-0.05, 0) is 23.8 Å². The Hall–Kier alpha value is -3.37. The Bertz CT molecular complexity index is 1330. The lowest BCUT2D eigenvalue weighted by Crippen LogP contribution is -2.51. The lowest BCUT2D eigenvalue weighted by atomic mass is 10.2. The van der Waals surface area contributed by atoms with Crippen LogP contribution in [0.15, 0.2) is 65.1 Å². The minimum Gasteiger partial charge on any atom is -0.338 e. The summed E-state index contributed by atoms with van der Waals surface area (Å²) in [7, 11) is -3.61. The number of hydrogen-bond acceptors (Lipinski definition) is 5. The molecular formula is C22H21FN4O4S. The lowest BCUT2D eigenvalue weighted by molar-refractivity contribution is -0.133. The summed E-state index contributed by atoms with van der Waals surface area (Å²) in [4.78, 5) is 30.8. The second-order valence-electron chi connectivity index (χ2n) is 7.38. The number of carbonyl (C=O) groups excluding carboxylic acids is 1. The van der Waals surface area contributed by atoms with Crippen LogP contribution in [0.25, 0.3) is 17.0 Å². The summed E-state index contributed by atoms with van der Waals surface area (Å²) in [6.07, 6.45) is 2.76. The van der Waals surface area contributed by atoms with Crippen LogP contribution in [0.3, 0.4) is 0 Å². The molecule has 0 N–H and O–H groups in total. The maximum absolute atomic E-state index is 13.3. The van der Waals surface area contributed by atoms with Gasteiger partial charge >= 0.3 is 0 Å². The molecule has 10 heteroatoms. The third-order valence-corrected chi connectivity index (χ3v) is 6.84. The molecule has 0 bridgehead atoms. The molecule has 166 valence electrons. The molecule has 0 spiro atoms. The summed E-state index contributed by atoms with van der Waals surface area (Å²) in [5.41, 5.74) is 0.568. The molecule has 1 amide bonds. The van der Waals surface area contributed by atoms with Gasteiger partial charge in [-0.15, -0.1) is 0 Å². The van der Waals surface area contributed by atoms with Crippen molar-refractivity contribution >= 4 is 32.9 Å². The van der Waals surface area contributed by atoms with Crippen LogP contribution in [0.2, 0.25) is 0 Å². The summed E-state index contributed by atoms with van der Waals surface area (Å²) < 4.78 is 41.0. The van der Waals surface area contributed by atoms with Crippen LogP contribution < -0.4 is 5.56 Å². The van der Waals surface area contributed by atoms with E-state index in [9.17, 15) is 22.4 Å². The van der Waals surface area contributed by atoms with E-state index in [0.717, 1.165) is 11.6 Å². The zero-order chi connectivity index (χ0) is 22.7. The molecule has 8 nitrogen and oxygen atoms in total. The first-order chi connectivity index (χ1) is 15.3. The summed E-state index contributed by atoms with van der Waals surface area (Å²) >= 11 is 0. The fraction of sp³-hybridized carbons (Fsp3) is 0.227. The Morgan fingerprint density at radius 3 is 2.50 bits per heavy atom. The van der Waals surface area contributed by atoms with Crippen molar-refractivity contribution in [2.24, 2.45) is 0 Å². The van der Waals surface area contributed by atoms with E-state index in [1.165, 1.54) is 43.7 Å². The van der Waals surface area contributed by atoms with Gasteiger partial charge in [0.25, 0.3) is 5.56 Å². The number of hydrogen-bond donors (Lipinski definition) is 0. The first-order valence-electron chi connectivity index (χ1n) is 9.99. The predicted octanol–water partition coefficient (Wildman–Crippen LogP) is 1.68. The quantitative estimate of drug-likeness (QED) is 0.583. The van der Waals surface area contributed by atoms with Gasteiger partial charge in [-0.3, -0.25) is 14.2 Å². The minimum atomic E-state index is -3.61. The monoisotopic (exact) mass is 456 g/mol. The Morgan fingerprint density at radius 1 is 1.06 bits per heavy atom. The van der Waals surface area contributed by atoms with Crippen LogP contribution in [-0.2, 0) is 21.4 Å². The summed E-state index contributed by atoms with van der Waals surface area (Å²) in [6, 6.07) is 12.8. The number of piperazine rings is 1. The van der Waals surface area contributed by atoms with E-state index < -0.39 is 21.4 Å². The number of halogens is 1. The van der Waals surface area contributed by atoms with E-state index in [1.54, 1.807) is 0 Å². The number of rotatable bonds is 5. The van der Waals surface area contributed by atoms with Crippen LogP contribution in [0.4, 0.5) is 4.39 Å². The first kappa shape index (κ1) is 21.8. The lowest BCUT2D eigenvalue weighted by Gasteiger charge is -2.33. The van der Waals surface area contributed by atoms with Crippen LogP contribution in [0.5, 0.6) is 0 Å². The molecule has 0 unspecified atom stereocenters. The first-order valence-corrected chi connectivity index (χ1v) is 11.5. The second kappa shape index (κ2) is 9.01. The third-order valence-electron chi connectivity index (χ3n) is 5.28. The van der Waals surface area contributed by atoms with E-state index in [1.807, 2.05) is 30.3 Å². The van der Waals surface area contributed by atoms with Gasteiger partial charge in [0.2, 0.25) is 15.9 Å². The molecule has 4 rings (SSSR count). The van der Waals surface area contributed by atoms with Crippen LogP contribution in [0.1, 0.15) is 5.56 Å². The fourth-order valence-corrected chi connectivity index (χ4v) is 4.67. The van der Waals surface area contributed by atoms with Crippen molar-refractivity contribution < 1.29 is 17.6 Å². The predicted molar refractivity (Wildman–Crippen MR) is 119 cm³/mol. The molecular weight excluding hydrogens is 435 g/mol. The standard InChI is InChI=1S/C22H21FN4O4S/c23-18-6-7-19-20(14-18)24-16-26(22(19)29)15-21(28)25-9-11-27(12-10-25)32(30,31)13-8-17-4-2-1-3-5-17/h1-8,13-14,16H,9-12,15H2/b13-8+. The van der Waals surface area contributed by atoms with Crippen LogP contribution in [-0.4, -0.2) is 59.3 Å². The van der Waals surface area contributed by atoms with Crippen LogP contribution >= 0.6 is 0 Å². The number of amides is 1. The Labute approximate surface area is 184 Å². The van der Waals surface area contributed by atoms with E-state index in [0.29, 0.717) is 0 Å². The van der Waals surface area contributed by atoms with Gasteiger partial charge in [-0.25, -0.2) is 17.8 Å². The van der Waals surface area contributed by atoms with Gasteiger partial charge in [0.1, 0.15) is 12.4 Å². The van der Waals surface area contributed by atoms with E-state index in [4.69, 9.17) is 0 Å². The maximum Gasteiger partial charge on any atom is 0.261 e. The summed E-state index contributed by atoms with van der Waals surface area (Å²) in [5, 5.41) is 1.39. The molecule has 0 aliphatic carbocycles. The molecule has 1 aromatic heterocycles.